The summed E-state index contributed by atoms with van der Waals surface area (Å²) in [6, 6.07) is 4.69. The normalized spacial score (nSPS) is 11.8. The Morgan fingerprint density at radius 1 is 1.45 bits per heavy atom. The Labute approximate surface area is 124 Å². The monoisotopic (exact) mass is 343 g/mol. The van der Waals surface area contributed by atoms with Gasteiger partial charge in [0, 0.05) is 16.1 Å². The first-order valence-corrected chi connectivity index (χ1v) is 6.67. The maximum Gasteiger partial charge on any atom is 0.316 e. The first-order chi connectivity index (χ1) is 9.36. The lowest BCUT2D eigenvalue weighted by Crippen LogP contribution is -2.24. The minimum Gasteiger partial charge on any atom is -0.468 e. The molecule has 0 radical (unpaired) electrons. The van der Waals surface area contributed by atoms with E-state index in [0.29, 0.717) is 10.0 Å². The molecule has 108 valence electrons. The number of nitrogens with zero attached hydrogens (tertiary/aromatic N) is 1. The van der Waals surface area contributed by atoms with Gasteiger partial charge in [-0.1, -0.05) is 22.0 Å². The zero-order valence-electron chi connectivity index (χ0n) is 11.1. The van der Waals surface area contributed by atoms with Crippen LogP contribution in [0, 0.1) is 16.0 Å². The maximum atomic E-state index is 11.5. The van der Waals surface area contributed by atoms with Gasteiger partial charge in [-0.3, -0.25) is 19.7 Å². The first kappa shape index (κ1) is 16.3. The summed E-state index contributed by atoms with van der Waals surface area (Å²) in [4.78, 5) is 33.3. The number of ether oxygens (including phenoxy) is 1. The molecular weight excluding hydrogens is 330 g/mol. The van der Waals surface area contributed by atoms with E-state index < -0.39 is 16.8 Å². The number of hydrogen-bond donors (Lipinski definition) is 0. The van der Waals surface area contributed by atoms with E-state index in [1.54, 1.807) is 12.1 Å². The standard InChI is InChI=1S/C13H14BrNO5/c1-8(16)11(13(17)20-2)6-4-9-3-5-10(14)7-12(9)15(18)19/h3,5,7,11H,4,6H2,1-2H3. The van der Waals surface area contributed by atoms with Crippen LogP contribution in [0.4, 0.5) is 5.69 Å². The van der Waals surface area contributed by atoms with Crippen LogP contribution in [0.5, 0.6) is 0 Å². The van der Waals surface area contributed by atoms with Crippen LogP contribution >= 0.6 is 15.9 Å². The van der Waals surface area contributed by atoms with Gasteiger partial charge in [0.25, 0.3) is 5.69 Å². The fourth-order valence-electron chi connectivity index (χ4n) is 1.85. The van der Waals surface area contributed by atoms with Crippen molar-refractivity contribution in [3.05, 3.63) is 38.3 Å². The van der Waals surface area contributed by atoms with Gasteiger partial charge in [-0.05, 0) is 25.8 Å². The number of esters is 1. The van der Waals surface area contributed by atoms with Gasteiger partial charge in [-0.2, -0.15) is 0 Å². The number of nitro groups is 1. The van der Waals surface area contributed by atoms with Gasteiger partial charge in [-0.25, -0.2) is 0 Å². The summed E-state index contributed by atoms with van der Waals surface area (Å²) in [5, 5.41) is 11.0. The molecule has 0 amide bonds. The van der Waals surface area contributed by atoms with Crippen LogP contribution in [0.1, 0.15) is 18.9 Å². The van der Waals surface area contributed by atoms with Gasteiger partial charge in [0.1, 0.15) is 11.7 Å². The highest BCUT2D eigenvalue weighted by Crippen LogP contribution is 2.26. The molecule has 0 aliphatic rings. The number of aryl methyl sites for hydroxylation is 1. The van der Waals surface area contributed by atoms with Crippen LogP contribution in [0.2, 0.25) is 0 Å². The van der Waals surface area contributed by atoms with Crippen molar-refractivity contribution in [1.29, 1.82) is 0 Å². The van der Waals surface area contributed by atoms with E-state index in [2.05, 4.69) is 20.7 Å². The van der Waals surface area contributed by atoms with Crippen LogP contribution in [0.3, 0.4) is 0 Å². The predicted octanol–water partition coefficient (Wildman–Crippen LogP) is 2.67. The third-order valence-electron chi connectivity index (χ3n) is 2.92. The Hall–Kier alpha value is -1.76. The molecule has 1 aromatic carbocycles. The third-order valence-corrected chi connectivity index (χ3v) is 3.42. The molecule has 1 rings (SSSR count). The number of carbonyl (C=O) groups is 2. The fourth-order valence-corrected chi connectivity index (χ4v) is 2.20. The summed E-state index contributed by atoms with van der Waals surface area (Å²) < 4.78 is 5.16. The number of benzene rings is 1. The number of rotatable bonds is 6. The first-order valence-electron chi connectivity index (χ1n) is 5.88. The molecule has 0 saturated carbocycles. The fraction of sp³-hybridized carbons (Fsp3) is 0.385. The quantitative estimate of drug-likeness (QED) is 0.343. The lowest BCUT2D eigenvalue weighted by atomic mass is 9.95. The molecule has 0 fully saturated rings. The molecule has 7 heteroatoms. The Bertz CT molecular complexity index is 544. The van der Waals surface area contributed by atoms with Crippen molar-refractivity contribution >= 4 is 33.4 Å². The smallest absolute Gasteiger partial charge is 0.316 e. The summed E-state index contributed by atoms with van der Waals surface area (Å²) in [5.74, 6) is -1.81. The largest absolute Gasteiger partial charge is 0.468 e. The number of hydrogen-bond acceptors (Lipinski definition) is 5. The van der Waals surface area contributed by atoms with E-state index in [1.807, 2.05) is 0 Å². The molecule has 0 bridgehead atoms. The van der Waals surface area contributed by atoms with Crippen LogP contribution in [-0.2, 0) is 20.7 Å². The van der Waals surface area contributed by atoms with E-state index >= 15 is 0 Å². The minimum atomic E-state index is -0.886. The lowest BCUT2D eigenvalue weighted by molar-refractivity contribution is -0.385. The highest BCUT2D eigenvalue weighted by Gasteiger charge is 2.25. The predicted molar refractivity (Wildman–Crippen MR) is 75.3 cm³/mol. The Morgan fingerprint density at radius 2 is 2.10 bits per heavy atom. The summed E-state index contributed by atoms with van der Waals surface area (Å²) in [5.41, 5.74) is 0.444. The number of nitro benzene ring substituents is 1. The molecule has 0 saturated heterocycles. The van der Waals surface area contributed by atoms with Gasteiger partial charge < -0.3 is 4.74 Å². The number of carbonyl (C=O) groups excluding carboxylic acids is 2. The van der Waals surface area contributed by atoms with Crippen molar-refractivity contribution in [2.24, 2.45) is 5.92 Å². The van der Waals surface area contributed by atoms with Crippen molar-refractivity contribution in [1.82, 2.24) is 0 Å². The van der Waals surface area contributed by atoms with Gasteiger partial charge in [0.2, 0.25) is 0 Å². The van der Waals surface area contributed by atoms with Crippen molar-refractivity contribution in [2.45, 2.75) is 19.8 Å². The molecule has 0 N–H and O–H groups in total. The van der Waals surface area contributed by atoms with Gasteiger partial charge >= 0.3 is 5.97 Å². The van der Waals surface area contributed by atoms with Crippen LogP contribution in [0.25, 0.3) is 0 Å². The summed E-state index contributed by atoms with van der Waals surface area (Å²) in [6.45, 7) is 1.30. The molecule has 0 aliphatic carbocycles. The maximum absolute atomic E-state index is 11.5. The van der Waals surface area contributed by atoms with Crippen LogP contribution in [-0.4, -0.2) is 23.8 Å². The number of methoxy groups -OCH3 is 1. The topological polar surface area (TPSA) is 86.5 Å². The molecule has 0 aliphatic heterocycles. The second-order valence-electron chi connectivity index (χ2n) is 4.26. The summed E-state index contributed by atoms with van der Waals surface area (Å²) in [6.07, 6.45) is 0.438. The molecule has 20 heavy (non-hydrogen) atoms. The van der Waals surface area contributed by atoms with Gasteiger partial charge in [0.15, 0.2) is 0 Å². The second kappa shape index (κ2) is 7.14. The lowest BCUT2D eigenvalue weighted by Gasteiger charge is -2.11. The van der Waals surface area contributed by atoms with E-state index in [9.17, 15) is 19.7 Å². The molecular formula is C13H14BrNO5. The Kier molecular flexibility index (Phi) is 5.82. The highest BCUT2D eigenvalue weighted by molar-refractivity contribution is 9.10. The molecule has 1 aromatic rings. The van der Waals surface area contributed by atoms with E-state index in [-0.39, 0.29) is 24.3 Å². The zero-order valence-corrected chi connectivity index (χ0v) is 12.7. The molecule has 1 atom stereocenters. The highest BCUT2D eigenvalue weighted by atomic mass is 79.9. The molecule has 0 heterocycles. The van der Waals surface area contributed by atoms with Gasteiger partial charge in [0.05, 0.1) is 12.0 Å². The Morgan fingerprint density at radius 3 is 2.60 bits per heavy atom. The van der Waals surface area contributed by atoms with Crippen LogP contribution < -0.4 is 0 Å². The molecule has 0 spiro atoms. The SMILES string of the molecule is COC(=O)C(CCc1ccc(Br)cc1[N+](=O)[O-])C(C)=O. The zero-order chi connectivity index (χ0) is 15.3. The van der Waals surface area contributed by atoms with E-state index in [0.717, 1.165) is 0 Å². The molecule has 0 aromatic heterocycles. The van der Waals surface area contributed by atoms with Crippen molar-refractivity contribution < 1.29 is 19.2 Å². The minimum absolute atomic E-state index is 0.0356. The van der Waals surface area contributed by atoms with E-state index in [4.69, 9.17) is 0 Å². The average Bonchev–Trinajstić information content (AvgIpc) is 2.39. The van der Waals surface area contributed by atoms with Crippen LogP contribution in [0.15, 0.2) is 22.7 Å². The summed E-state index contributed by atoms with van der Waals surface area (Å²) >= 11 is 3.17. The van der Waals surface area contributed by atoms with Crippen molar-refractivity contribution in [3.63, 3.8) is 0 Å². The molecule has 1 unspecified atom stereocenters. The second-order valence-corrected chi connectivity index (χ2v) is 5.17. The number of ketones is 1. The Balaban J connectivity index is 2.91. The third kappa shape index (κ3) is 4.12. The number of Topliss-reactive ketones (excluding diaryl/α,β-unsaturated/α-hetero) is 1. The average molecular weight is 344 g/mol. The van der Waals surface area contributed by atoms with Gasteiger partial charge in [-0.15, -0.1) is 0 Å². The van der Waals surface area contributed by atoms with E-state index in [1.165, 1.54) is 20.1 Å². The summed E-state index contributed by atoms with van der Waals surface area (Å²) in [7, 11) is 1.21. The molecule has 6 nitrogen and oxygen atoms in total. The number of halogens is 1. The van der Waals surface area contributed by atoms with Crippen molar-refractivity contribution in [2.75, 3.05) is 7.11 Å². The van der Waals surface area contributed by atoms with Crippen molar-refractivity contribution in [3.8, 4) is 0 Å².